The molecule has 1 aliphatic rings. The second kappa shape index (κ2) is 7.25. The Kier molecular flexibility index (Phi) is 6.27. The molecule has 0 saturated heterocycles. The molecular formula is C15H30N2O2. The molecule has 0 amide bonds. The molecule has 0 spiro atoms. The zero-order valence-electron chi connectivity index (χ0n) is 12.9. The number of carbonyl (C=O) groups is 1. The Morgan fingerprint density at radius 2 is 2.16 bits per heavy atom. The van der Waals surface area contributed by atoms with E-state index in [1.54, 1.807) is 0 Å². The highest BCUT2D eigenvalue weighted by molar-refractivity contribution is 5.79. The van der Waals surface area contributed by atoms with Gasteiger partial charge in [-0.1, -0.05) is 13.3 Å². The minimum Gasteiger partial charge on any atom is -0.480 e. The first-order valence-corrected chi connectivity index (χ1v) is 7.62. The van der Waals surface area contributed by atoms with Crippen molar-refractivity contribution in [1.82, 2.24) is 10.2 Å². The van der Waals surface area contributed by atoms with Crippen LogP contribution in [0.1, 0.15) is 52.9 Å². The average molecular weight is 270 g/mol. The Labute approximate surface area is 117 Å². The second-order valence-corrected chi connectivity index (χ2v) is 6.26. The Hall–Kier alpha value is -0.610. The fourth-order valence-electron chi connectivity index (χ4n) is 3.39. The van der Waals surface area contributed by atoms with E-state index in [0.717, 1.165) is 45.2 Å². The molecule has 0 aromatic carbocycles. The Bertz CT molecular complexity index is 294. The molecule has 2 unspecified atom stereocenters. The predicted octanol–water partition coefficient (Wildman–Crippen LogP) is 2.34. The second-order valence-electron chi connectivity index (χ2n) is 6.26. The monoisotopic (exact) mass is 270 g/mol. The first kappa shape index (κ1) is 16.4. The lowest BCUT2D eigenvalue weighted by Gasteiger charge is -2.35. The van der Waals surface area contributed by atoms with E-state index in [1.165, 1.54) is 0 Å². The van der Waals surface area contributed by atoms with Crippen LogP contribution < -0.4 is 5.32 Å². The van der Waals surface area contributed by atoms with Crippen molar-refractivity contribution in [2.24, 2.45) is 5.92 Å². The normalized spacial score (nSPS) is 27.4. The minimum atomic E-state index is -0.693. The molecule has 112 valence electrons. The molecule has 1 rings (SSSR count). The lowest BCUT2D eigenvalue weighted by atomic mass is 9.84. The molecule has 0 heterocycles. The summed E-state index contributed by atoms with van der Waals surface area (Å²) in [5.74, 6) is -0.409. The molecule has 4 nitrogen and oxygen atoms in total. The van der Waals surface area contributed by atoms with Crippen LogP contribution in [0.15, 0.2) is 0 Å². The summed E-state index contributed by atoms with van der Waals surface area (Å²) in [6.45, 7) is 8.32. The van der Waals surface area contributed by atoms with E-state index in [-0.39, 0.29) is 12.0 Å². The third kappa shape index (κ3) is 4.18. The van der Waals surface area contributed by atoms with Crippen molar-refractivity contribution in [3.05, 3.63) is 0 Å². The van der Waals surface area contributed by atoms with Gasteiger partial charge in [-0.05, 0) is 65.6 Å². The van der Waals surface area contributed by atoms with Gasteiger partial charge in [0.1, 0.15) is 5.54 Å². The van der Waals surface area contributed by atoms with Gasteiger partial charge in [-0.15, -0.1) is 0 Å². The molecule has 4 heteroatoms. The van der Waals surface area contributed by atoms with Crippen molar-refractivity contribution >= 4 is 5.97 Å². The van der Waals surface area contributed by atoms with Crippen molar-refractivity contribution in [1.29, 1.82) is 0 Å². The van der Waals surface area contributed by atoms with Crippen LogP contribution in [-0.4, -0.2) is 47.7 Å². The van der Waals surface area contributed by atoms with E-state index in [9.17, 15) is 9.90 Å². The molecule has 0 bridgehead atoms. The molecule has 0 aliphatic heterocycles. The molecule has 1 aliphatic carbocycles. The summed E-state index contributed by atoms with van der Waals surface area (Å²) >= 11 is 0. The van der Waals surface area contributed by atoms with Crippen LogP contribution >= 0.6 is 0 Å². The van der Waals surface area contributed by atoms with Crippen molar-refractivity contribution in [3.63, 3.8) is 0 Å². The standard InChI is InChI=1S/C15H30N2O2/c1-5-10-17(4)11-8-13-7-6-9-15(13,14(18)19)16-12(2)3/h12-13,16H,5-11H2,1-4H3,(H,18,19). The van der Waals surface area contributed by atoms with E-state index in [2.05, 4.69) is 24.2 Å². The molecule has 2 atom stereocenters. The predicted molar refractivity (Wildman–Crippen MR) is 78.4 cm³/mol. The smallest absolute Gasteiger partial charge is 0.324 e. The van der Waals surface area contributed by atoms with Gasteiger partial charge in [-0.25, -0.2) is 0 Å². The van der Waals surface area contributed by atoms with Crippen molar-refractivity contribution in [2.75, 3.05) is 20.1 Å². The van der Waals surface area contributed by atoms with E-state index in [0.29, 0.717) is 0 Å². The largest absolute Gasteiger partial charge is 0.480 e. The van der Waals surface area contributed by atoms with E-state index in [1.807, 2.05) is 13.8 Å². The first-order chi connectivity index (χ1) is 8.92. The SMILES string of the molecule is CCCN(C)CCC1CCCC1(NC(C)C)C(=O)O. The number of nitrogens with zero attached hydrogens (tertiary/aromatic N) is 1. The van der Waals surface area contributed by atoms with Gasteiger partial charge >= 0.3 is 5.97 Å². The number of hydrogen-bond acceptors (Lipinski definition) is 3. The van der Waals surface area contributed by atoms with Crippen LogP contribution in [-0.2, 0) is 4.79 Å². The molecule has 0 aromatic heterocycles. The van der Waals surface area contributed by atoms with E-state index in [4.69, 9.17) is 0 Å². The van der Waals surface area contributed by atoms with Crippen LogP contribution in [0.2, 0.25) is 0 Å². The van der Waals surface area contributed by atoms with Crippen molar-refractivity contribution < 1.29 is 9.90 Å². The topological polar surface area (TPSA) is 52.6 Å². The number of nitrogens with one attached hydrogen (secondary N) is 1. The number of carboxylic acids is 1. The number of carboxylic acid groups (broad SMARTS) is 1. The molecule has 1 fully saturated rings. The summed E-state index contributed by atoms with van der Waals surface area (Å²) in [6, 6.07) is 0.213. The molecular weight excluding hydrogens is 240 g/mol. The van der Waals surface area contributed by atoms with Crippen LogP contribution in [0.4, 0.5) is 0 Å². The summed E-state index contributed by atoms with van der Waals surface area (Å²) in [4.78, 5) is 14.1. The lowest BCUT2D eigenvalue weighted by Crippen LogP contribution is -2.57. The van der Waals surface area contributed by atoms with Crippen LogP contribution in [0.3, 0.4) is 0 Å². The highest BCUT2D eigenvalue weighted by Gasteiger charge is 2.48. The maximum atomic E-state index is 11.8. The third-order valence-corrected chi connectivity index (χ3v) is 4.21. The number of aliphatic carboxylic acids is 1. The fourth-order valence-corrected chi connectivity index (χ4v) is 3.39. The molecule has 19 heavy (non-hydrogen) atoms. The first-order valence-electron chi connectivity index (χ1n) is 7.62. The van der Waals surface area contributed by atoms with Crippen LogP contribution in [0, 0.1) is 5.92 Å². The van der Waals surface area contributed by atoms with Gasteiger partial charge in [0.25, 0.3) is 0 Å². The van der Waals surface area contributed by atoms with Gasteiger partial charge in [-0.2, -0.15) is 0 Å². The minimum absolute atomic E-state index is 0.213. The molecule has 1 saturated carbocycles. The van der Waals surface area contributed by atoms with Crippen molar-refractivity contribution in [2.45, 2.75) is 64.5 Å². The average Bonchev–Trinajstić information content (AvgIpc) is 2.70. The molecule has 0 radical (unpaired) electrons. The third-order valence-electron chi connectivity index (χ3n) is 4.21. The maximum absolute atomic E-state index is 11.8. The highest BCUT2D eigenvalue weighted by Crippen LogP contribution is 2.38. The van der Waals surface area contributed by atoms with Crippen LogP contribution in [0.5, 0.6) is 0 Å². The van der Waals surface area contributed by atoms with E-state index < -0.39 is 11.5 Å². The lowest BCUT2D eigenvalue weighted by molar-refractivity contribution is -0.147. The quantitative estimate of drug-likeness (QED) is 0.711. The summed E-state index contributed by atoms with van der Waals surface area (Å²) in [5, 5.41) is 13.0. The van der Waals surface area contributed by atoms with Gasteiger partial charge in [0.2, 0.25) is 0 Å². The number of rotatable bonds is 8. The van der Waals surface area contributed by atoms with Gasteiger partial charge in [-0.3, -0.25) is 10.1 Å². The van der Waals surface area contributed by atoms with Crippen molar-refractivity contribution in [3.8, 4) is 0 Å². The summed E-state index contributed by atoms with van der Waals surface area (Å²) in [7, 11) is 2.12. The van der Waals surface area contributed by atoms with Gasteiger partial charge in [0, 0.05) is 6.04 Å². The number of hydrogen-bond donors (Lipinski definition) is 2. The Morgan fingerprint density at radius 3 is 2.68 bits per heavy atom. The Balaban J connectivity index is 2.66. The molecule has 2 N–H and O–H groups in total. The van der Waals surface area contributed by atoms with Crippen LogP contribution in [0.25, 0.3) is 0 Å². The van der Waals surface area contributed by atoms with E-state index >= 15 is 0 Å². The van der Waals surface area contributed by atoms with Gasteiger partial charge in [0.15, 0.2) is 0 Å². The van der Waals surface area contributed by atoms with Gasteiger partial charge in [0.05, 0.1) is 0 Å². The summed E-state index contributed by atoms with van der Waals surface area (Å²) in [6.07, 6.45) is 4.95. The maximum Gasteiger partial charge on any atom is 0.324 e. The Morgan fingerprint density at radius 1 is 1.47 bits per heavy atom. The zero-order valence-corrected chi connectivity index (χ0v) is 12.9. The summed E-state index contributed by atoms with van der Waals surface area (Å²) < 4.78 is 0. The van der Waals surface area contributed by atoms with Gasteiger partial charge < -0.3 is 10.0 Å². The fraction of sp³-hybridized carbons (Fsp3) is 0.933. The highest BCUT2D eigenvalue weighted by atomic mass is 16.4. The zero-order chi connectivity index (χ0) is 14.5. The molecule has 0 aromatic rings. The summed E-state index contributed by atoms with van der Waals surface area (Å²) in [5.41, 5.74) is -0.693.